The van der Waals surface area contributed by atoms with Crippen molar-refractivity contribution in [3.05, 3.63) is 95.6 Å². The zero-order chi connectivity index (χ0) is 15.4. The lowest BCUT2D eigenvalue weighted by atomic mass is 10.0. The molecule has 0 heterocycles. The van der Waals surface area contributed by atoms with Gasteiger partial charge < -0.3 is 0 Å². The minimum Gasteiger partial charge on any atom is -0.289 e. The Kier molecular flexibility index (Phi) is 6.03. The SMILES string of the molecule is Cc1ccc(Sc2ccc(C(=O)c3ccccc3)cc2)cc1.Cl. The first-order valence-corrected chi connectivity index (χ1v) is 7.98. The Morgan fingerprint density at radius 1 is 0.696 bits per heavy atom. The maximum Gasteiger partial charge on any atom is 0.193 e. The van der Waals surface area contributed by atoms with E-state index in [-0.39, 0.29) is 18.2 Å². The number of hydrogen-bond acceptors (Lipinski definition) is 2. The van der Waals surface area contributed by atoms with Crippen molar-refractivity contribution in [2.45, 2.75) is 16.7 Å². The lowest BCUT2D eigenvalue weighted by Crippen LogP contribution is -2.00. The summed E-state index contributed by atoms with van der Waals surface area (Å²) in [6.45, 7) is 2.08. The van der Waals surface area contributed by atoms with Gasteiger partial charge in [0.15, 0.2) is 5.78 Å². The minimum absolute atomic E-state index is 0. The van der Waals surface area contributed by atoms with E-state index in [1.807, 2.05) is 54.6 Å². The normalized spacial score (nSPS) is 9.96. The lowest BCUT2D eigenvalue weighted by molar-refractivity contribution is 0.103. The standard InChI is InChI=1S/C20H16OS.ClH/c1-15-7-11-18(12-8-15)22-19-13-9-17(10-14-19)20(21)16-5-3-2-4-6-16;/h2-14H,1H3;1H. The summed E-state index contributed by atoms with van der Waals surface area (Å²) in [4.78, 5) is 14.7. The second kappa shape index (κ2) is 8.00. The largest absolute Gasteiger partial charge is 0.289 e. The molecular weight excluding hydrogens is 324 g/mol. The molecule has 0 fully saturated rings. The van der Waals surface area contributed by atoms with Crippen LogP contribution in [0.5, 0.6) is 0 Å². The van der Waals surface area contributed by atoms with Gasteiger partial charge in [-0.05, 0) is 43.3 Å². The number of benzene rings is 3. The van der Waals surface area contributed by atoms with Crippen molar-refractivity contribution < 1.29 is 4.79 Å². The number of carbonyl (C=O) groups excluding carboxylic acids is 1. The summed E-state index contributed by atoms with van der Waals surface area (Å²) in [7, 11) is 0. The number of aryl methyl sites for hydroxylation is 1. The first-order valence-electron chi connectivity index (χ1n) is 7.17. The fourth-order valence-electron chi connectivity index (χ4n) is 2.17. The van der Waals surface area contributed by atoms with E-state index in [0.717, 1.165) is 16.0 Å². The Hall–Kier alpha value is -2.03. The maximum atomic E-state index is 12.3. The Labute approximate surface area is 147 Å². The number of halogens is 1. The molecule has 0 N–H and O–H groups in total. The molecule has 0 bridgehead atoms. The van der Waals surface area contributed by atoms with E-state index >= 15 is 0 Å². The molecule has 0 radical (unpaired) electrons. The van der Waals surface area contributed by atoms with E-state index in [9.17, 15) is 4.79 Å². The first-order chi connectivity index (χ1) is 10.7. The van der Waals surface area contributed by atoms with Gasteiger partial charge in [-0.1, -0.05) is 59.8 Å². The number of rotatable bonds is 4. The molecule has 1 nitrogen and oxygen atoms in total. The summed E-state index contributed by atoms with van der Waals surface area (Å²) in [5, 5.41) is 0. The smallest absolute Gasteiger partial charge is 0.193 e. The first kappa shape index (κ1) is 17.3. The van der Waals surface area contributed by atoms with Crippen molar-refractivity contribution in [2.24, 2.45) is 0 Å². The van der Waals surface area contributed by atoms with E-state index in [1.54, 1.807) is 11.8 Å². The Balaban J connectivity index is 0.00000192. The molecule has 3 aromatic carbocycles. The highest BCUT2D eigenvalue weighted by molar-refractivity contribution is 7.99. The van der Waals surface area contributed by atoms with Crippen molar-refractivity contribution in [2.75, 3.05) is 0 Å². The fourth-order valence-corrected chi connectivity index (χ4v) is 2.99. The van der Waals surface area contributed by atoms with Crippen LogP contribution >= 0.6 is 24.2 Å². The topological polar surface area (TPSA) is 17.1 Å². The van der Waals surface area contributed by atoms with E-state index in [0.29, 0.717) is 0 Å². The van der Waals surface area contributed by atoms with Crippen molar-refractivity contribution in [1.82, 2.24) is 0 Å². The summed E-state index contributed by atoms with van der Waals surface area (Å²) >= 11 is 1.70. The zero-order valence-corrected chi connectivity index (χ0v) is 14.4. The molecule has 3 rings (SSSR count). The molecule has 0 atom stereocenters. The summed E-state index contributed by atoms with van der Waals surface area (Å²) in [6.07, 6.45) is 0. The van der Waals surface area contributed by atoms with E-state index < -0.39 is 0 Å². The predicted molar refractivity (Wildman–Crippen MR) is 98.9 cm³/mol. The highest BCUT2D eigenvalue weighted by atomic mass is 35.5. The van der Waals surface area contributed by atoms with Gasteiger partial charge in [-0.2, -0.15) is 0 Å². The summed E-state index contributed by atoms with van der Waals surface area (Å²) in [5.41, 5.74) is 2.70. The highest BCUT2D eigenvalue weighted by Crippen LogP contribution is 2.28. The van der Waals surface area contributed by atoms with Gasteiger partial charge >= 0.3 is 0 Å². The van der Waals surface area contributed by atoms with Crippen LogP contribution in [0.2, 0.25) is 0 Å². The molecule has 0 amide bonds. The van der Waals surface area contributed by atoms with Gasteiger partial charge in [0.25, 0.3) is 0 Å². The van der Waals surface area contributed by atoms with Gasteiger partial charge in [-0.25, -0.2) is 0 Å². The van der Waals surface area contributed by atoms with Crippen LogP contribution in [0.25, 0.3) is 0 Å². The molecular formula is C20H17ClOS. The highest BCUT2D eigenvalue weighted by Gasteiger charge is 2.08. The molecule has 0 aliphatic rings. The van der Waals surface area contributed by atoms with Gasteiger partial charge in [0, 0.05) is 20.9 Å². The van der Waals surface area contributed by atoms with Crippen LogP contribution in [0.1, 0.15) is 21.5 Å². The summed E-state index contributed by atoms with van der Waals surface area (Å²) < 4.78 is 0. The number of carbonyl (C=O) groups is 1. The summed E-state index contributed by atoms with van der Waals surface area (Å²) in [5.74, 6) is 0.0625. The van der Waals surface area contributed by atoms with Crippen LogP contribution in [-0.4, -0.2) is 5.78 Å². The average Bonchev–Trinajstić information content (AvgIpc) is 2.58. The molecule has 0 aliphatic heterocycles. The predicted octanol–water partition coefficient (Wildman–Crippen LogP) is 5.80. The molecule has 116 valence electrons. The molecule has 0 spiro atoms. The van der Waals surface area contributed by atoms with Crippen molar-refractivity contribution in [1.29, 1.82) is 0 Å². The quantitative estimate of drug-likeness (QED) is 0.558. The van der Waals surface area contributed by atoms with Crippen molar-refractivity contribution in [3.63, 3.8) is 0 Å². The van der Waals surface area contributed by atoms with Gasteiger partial charge in [0.1, 0.15) is 0 Å². The Bertz CT molecular complexity index is 765. The van der Waals surface area contributed by atoms with Crippen LogP contribution in [0, 0.1) is 6.92 Å². The molecule has 3 heteroatoms. The molecule has 23 heavy (non-hydrogen) atoms. The van der Waals surface area contributed by atoms with Gasteiger partial charge in [-0.15, -0.1) is 12.4 Å². The monoisotopic (exact) mass is 340 g/mol. The van der Waals surface area contributed by atoms with Crippen LogP contribution in [0.3, 0.4) is 0 Å². The van der Waals surface area contributed by atoms with Crippen LogP contribution < -0.4 is 0 Å². The molecule has 3 aromatic rings. The van der Waals surface area contributed by atoms with E-state index in [1.165, 1.54) is 10.5 Å². The average molecular weight is 341 g/mol. The number of ketones is 1. The van der Waals surface area contributed by atoms with Gasteiger partial charge in [0.2, 0.25) is 0 Å². The molecule has 0 unspecified atom stereocenters. The maximum absolute atomic E-state index is 12.3. The lowest BCUT2D eigenvalue weighted by Gasteiger charge is -2.04. The molecule has 0 saturated heterocycles. The minimum atomic E-state index is 0. The van der Waals surface area contributed by atoms with Gasteiger partial charge in [-0.3, -0.25) is 4.79 Å². The van der Waals surface area contributed by atoms with Crippen molar-refractivity contribution in [3.8, 4) is 0 Å². The van der Waals surface area contributed by atoms with Crippen LogP contribution in [-0.2, 0) is 0 Å². The molecule has 0 aromatic heterocycles. The second-order valence-corrected chi connectivity index (χ2v) is 6.28. The Morgan fingerprint density at radius 3 is 1.74 bits per heavy atom. The van der Waals surface area contributed by atoms with Gasteiger partial charge in [0.05, 0.1) is 0 Å². The summed E-state index contributed by atoms with van der Waals surface area (Å²) in [6, 6.07) is 25.6. The molecule has 0 saturated carbocycles. The third kappa shape index (κ3) is 4.47. The Morgan fingerprint density at radius 2 is 1.17 bits per heavy atom. The van der Waals surface area contributed by atoms with Crippen molar-refractivity contribution >= 4 is 30.0 Å². The molecule has 0 aliphatic carbocycles. The zero-order valence-electron chi connectivity index (χ0n) is 12.7. The van der Waals surface area contributed by atoms with E-state index in [2.05, 4.69) is 31.2 Å². The third-order valence-electron chi connectivity index (χ3n) is 3.41. The second-order valence-electron chi connectivity index (χ2n) is 5.13. The third-order valence-corrected chi connectivity index (χ3v) is 4.42. The van der Waals surface area contributed by atoms with Crippen LogP contribution in [0.15, 0.2) is 88.7 Å². The van der Waals surface area contributed by atoms with Crippen LogP contribution in [0.4, 0.5) is 0 Å². The fraction of sp³-hybridized carbons (Fsp3) is 0.0500. The van der Waals surface area contributed by atoms with E-state index in [4.69, 9.17) is 0 Å². The number of hydrogen-bond donors (Lipinski definition) is 0.